The van der Waals surface area contributed by atoms with E-state index in [-0.39, 0.29) is 16.1 Å². The van der Waals surface area contributed by atoms with Gasteiger partial charge >= 0.3 is 0 Å². The Kier molecular flexibility index (Phi) is 4.73. The fourth-order valence-corrected chi connectivity index (χ4v) is 2.29. The van der Waals surface area contributed by atoms with Crippen molar-refractivity contribution >= 4 is 34.0 Å². The second-order valence-corrected chi connectivity index (χ2v) is 5.92. The Labute approximate surface area is 115 Å². The smallest absolute Gasteiger partial charge is 0.293 e. The average Bonchev–Trinajstić information content (AvgIpc) is 2.20. The fraction of sp³-hybridized carbons (Fsp3) is 0.500. The minimum absolute atomic E-state index is 0.133. The summed E-state index contributed by atoms with van der Waals surface area (Å²) in [6.07, 6.45) is 2.01. The number of halogens is 1. The monoisotopic (exact) mass is 348 g/mol. The van der Waals surface area contributed by atoms with Gasteiger partial charge in [-0.3, -0.25) is 10.1 Å². The zero-order valence-electron chi connectivity index (χ0n) is 10.3. The molecule has 0 saturated heterocycles. The third-order valence-electron chi connectivity index (χ3n) is 2.50. The molecule has 0 amide bonds. The van der Waals surface area contributed by atoms with Gasteiger partial charge in [0.1, 0.15) is 5.69 Å². The summed E-state index contributed by atoms with van der Waals surface area (Å²) < 4.78 is 0.869. The number of hydrogen-bond acceptors (Lipinski definition) is 3. The van der Waals surface area contributed by atoms with Crippen LogP contribution in [0.3, 0.4) is 0 Å². The van der Waals surface area contributed by atoms with Gasteiger partial charge in [-0.15, -0.1) is 0 Å². The van der Waals surface area contributed by atoms with Crippen molar-refractivity contribution in [1.29, 1.82) is 0 Å². The van der Waals surface area contributed by atoms with E-state index in [1.165, 1.54) is 0 Å². The molecule has 0 heterocycles. The predicted molar refractivity (Wildman–Crippen MR) is 78.4 cm³/mol. The summed E-state index contributed by atoms with van der Waals surface area (Å²) in [6, 6.07) is 5.24. The Morgan fingerprint density at radius 1 is 1.47 bits per heavy atom. The van der Waals surface area contributed by atoms with E-state index in [0.29, 0.717) is 5.69 Å². The van der Waals surface area contributed by atoms with Crippen molar-refractivity contribution in [3.8, 4) is 0 Å². The molecule has 0 aromatic heterocycles. The highest BCUT2D eigenvalue weighted by Gasteiger charge is 2.21. The number of nitrogens with one attached hydrogen (secondary N) is 1. The molecule has 5 heteroatoms. The predicted octanol–water partition coefficient (Wildman–Crippen LogP) is 4.19. The molecule has 0 aliphatic heterocycles. The van der Waals surface area contributed by atoms with Crippen LogP contribution in [0.25, 0.3) is 0 Å². The zero-order valence-corrected chi connectivity index (χ0v) is 12.4. The van der Waals surface area contributed by atoms with Crippen LogP contribution in [0.1, 0.15) is 33.6 Å². The van der Waals surface area contributed by atoms with Crippen molar-refractivity contribution < 1.29 is 4.92 Å². The average molecular weight is 348 g/mol. The molecule has 4 nitrogen and oxygen atoms in total. The molecule has 1 aromatic carbocycles. The summed E-state index contributed by atoms with van der Waals surface area (Å²) in [5.74, 6) is 0. The van der Waals surface area contributed by atoms with Gasteiger partial charge in [0, 0.05) is 15.2 Å². The lowest BCUT2D eigenvalue weighted by atomic mass is 9.98. The Bertz CT molecular complexity index is 419. The molecule has 0 aliphatic carbocycles. The van der Waals surface area contributed by atoms with Crippen molar-refractivity contribution in [1.82, 2.24) is 0 Å². The largest absolute Gasteiger partial charge is 0.375 e. The Morgan fingerprint density at radius 3 is 2.65 bits per heavy atom. The van der Waals surface area contributed by atoms with Crippen molar-refractivity contribution in [2.24, 2.45) is 0 Å². The summed E-state index contributed by atoms with van der Waals surface area (Å²) in [4.78, 5) is 10.6. The van der Waals surface area contributed by atoms with Gasteiger partial charge in [0.15, 0.2) is 0 Å². The van der Waals surface area contributed by atoms with Crippen molar-refractivity contribution in [2.45, 2.75) is 39.2 Å². The topological polar surface area (TPSA) is 55.2 Å². The number of nitro benzene ring substituents is 1. The van der Waals surface area contributed by atoms with Crippen LogP contribution in [0, 0.1) is 13.7 Å². The molecular formula is C12H17IN2O2. The molecule has 1 rings (SSSR count). The molecule has 0 bridgehead atoms. The summed E-state index contributed by atoms with van der Waals surface area (Å²) in [6.45, 7) is 6.21. The van der Waals surface area contributed by atoms with Crippen molar-refractivity contribution in [3.63, 3.8) is 0 Å². The van der Waals surface area contributed by atoms with E-state index in [1.807, 2.05) is 6.07 Å². The second kappa shape index (κ2) is 5.66. The minimum Gasteiger partial charge on any atom is -0.375 e. The van der Waals surface area contributed by atoms with E-state index in [0.717, 1.165) is 16.4 Å². The van der Waals surface area contributed by atoms with Crippen LogP contribution in [0.2, 0.25) is 0 Å². The molecule has 0 unspecified atom stereocenters. The molecule has 0 atom stereocenters. The number of rotatable bonds is 5. The number of benzene rings is 1. The van der Waals surface area contributed by atoms with Crippen LogP contribution in [-0.2, 0) is 0 Å². The normalized spacial score (nSPS) is 11.3. The number of nitrogens with zero attached hydrogens (tertiary/aromatic N) is 1. The van der Waals surface area contributed by atoms with Crippen LogP contribution in [0.5, 0.6) is 0 Å². The molecule has 0 aliphatic rings. The van der Waals surface area contributed by atoms with Crippen molar-refractivity contribution in [3.05, 3.63) is 31.9 Å². The molecule has 1 N–H and O–H groups in total. The first-order valence-electron chi connectivity index (χ1n) is 5.58. The van der Waals surface area contributed by atoms with Gasteiger partial charge in [-0.05, 0) is 55.0 Å². The molecule has 0 saturated carbocycles. The number of nitro groups is 1. The zero-order chi connectivity index (χ0) is 13.1. The molecule has 94 valence electrons. The molecule has 0 fully saturated rings. The molecular weight excluding hydrogens is 331 g/mol. The van der Waals surface area contributed by atoms with E-state index in [1.54, 1.807) is 12.1 Å². The first-order chi connectivity index (χ1) is 7.85. The summed E-state index contributed by atoms with van der Waals surface area (Å²) in [5.41, 5.74) is 0.599. The summed E-state index contributed by atoms with van der Waals surface area (Å²) >= 11 is 2.08. The maximum Gasteiger partial charge on any atom is 0.293 e. The van der Waals surface area contributed by atoms with Gasteiger partial charge < -0.3 is 5.32 Å². The lowest BCUT2D eigenvalue weighted by molar-refractivity contribution is -0.384. The number of anilines is 1. The Hall–Kier alpha value is -0.850. The first-order valence-corrected chi connectivity index (χ1v) is 6.66. The van der Waals surface area contributed by atoms with Gasteiger partial charge in [0.05, 0.1) is 4.92 Å². The highest BCUT2D eigenvalue weighted by molar-refractivity contribution is 14.1. The van der Waals surface area contributed by atoms with E-state index in [2.05, 4.69) is 48.7 Å². The van der Waals surface area contributed by atoms with Gasteiger partial charge in [-0.25, -0.2) is 0 Å². The SMILES string of the molecule is CCCC(C)(C)Nc1ccc(I)cc1[N+](=O)[O-]. The third kappa shape index (κ3) is 4.14. The van der Waals surface area contributed by atoms with Gasteiger partial charge in [-0.2, -0.15) is 0 Å². The van der Waals surface area contributed by atoms with E-state index in [4.69, 9.17) is 0 Å². The van der Waals surface area contributed by atoms with Gasteiger partial charge in [0.2, 0.25) is 0 Å². The lowest BCUT2D eigenvalue weighted by Gasteiger charge is -2.26. The Morgan fingerprint density at radius 2 is 2.12 bits per heavy atom. The minimum atomic E-state index is -0.341. The van der Waals surface area contributed by atoms with Crippen molar-refractivity contribution in [2.75, 3.05) is 5.32 Å². The van der Waals surface area contributed by atoms with Crippen LogP contribution in [0.15, 0.2) is 18.2 Å². The van der Waals surface area contributed by atoms with Gasteiger partial charge in [-0.1, -0.05) is 13.3 Å². The van der Waals surface area contributed by atoms with Crippen LogP contribution < -0.4 is 5.32 Å². The fourth-order valence-electron chi connectivity index (χ4n) is 1.81. The maximum absolute atomic E-state index is 11.0. The summed E-state index contributed by atoms with van der Waals surface area (Å²) in [5, 5.41) is 14.2. The maximum atomic E-state index is 11.0. The van der Waals surface area contributed by atoms with Crippen LogP contribution in [-0.4, -0.2) is 10.5 Å². The number of hydrogen-bond donors (Lipinski definition) is 1. The lowest BCUT2D eigenvalue weighted by Crippen LogP contribution is -2.30. The molecule has 17 heavy (non-hydrogen) atoms. The summed E-state index contributed by atoms with van der Waals surface area (Å²) in [7, 11) is 0. The highest BCUT2D eigenvalue weighted by Crippen LogP contribution is 2.29. The molecule has 0 spiro atoms. The third-order valence-corrected chi connectivity index (χ3v) is 3.18. The molecule has 1 aromatic rings. The van der Waals surface area contributed by atoms with E-state index in [9.17, 15) is 10.1 Å². The molecule has 0 radical (unpaired) electrons. The Balaban J connectivity index is 3.02. The van der Waals surface area contributed by atoms with Gasteiger partial charge in [0.25, 0.3) is 5.69 Å². The second-order valence-electron chi connectivity index (χ2n) is 4.68. The quantitative estimate of drug-likeness (QED) is 0.493. The highest BCUT2D eigenvalue weighted by atomic mass is 127. The van der Waals surface area contributed by atoms with E-state index < -0.39 is 0 Å². The first kappa shape index (κ1) is 14.2. The standard InChI is InChI=1S/C12H17IN2O2/c1-4-7-12(2,3)14-10-6-5-9(13)8-11(10)15(16)17/h5-6,8,14H,4,7H2,1-3H3. The van der Waals surface area contributed by atoms with Crippen LogP contribution >= 0.6 is 22.6 Å². The van der Waals surface area contributed by atoms with E-state index >= 15 is 0 Å². The van der Waals surface area contributed by atoms with Crippen LogP contribution in [0.4, 0.5) is 11.4 Å².